The highest BCUT2D eigenvalue weighted by atomic mass is 79.9. The number of nitrogens with zero attached hydrogens (tertiary/aromatic N) is 1. The van der Waals surface area contributed by atoms with Gasteiger partial charge >= 0.3 is 0 Å². The van der Waals surface area contributed by atoms with Gasteiger partial charge in [-0.3, -0.25) is 0 Å². The Hall–Kier alpha value is -1.47. The second-order valence-corrected chi connectivity index (χ2v) is 5.59. The Morgan fingerprint density at radius 3 is 2.50 bits per heavy atom. The van der Waals surface area contributed by atoms with E-state index in [0.29, 0.717) is 23.1 Å². The van der Waals surface area contributed by atoms with Gasteiger partial charge in [-0.1, -0.05) is 0 Å². The van der Waals surface area contributed by atoms with E-state index in [0.717, 1.165) is 14.6 Å². The van der Waals surface area contributed by atoms with Gasteiger partial charge in [0.1, 0.15) is 5.75 Å². The molecule has 3 N–H and O–H groups in total. The molecule has 5 nitrogen and oxygen atoms in total. The highest BCUT2D eigenvalue weighted by Crippen LogP contribution is 2.36. The van der Waals surface area contributed by atoms with Crippen molar-refractivity contribution in [2.24, 2.45) is 0 Å². The smallest absolute Gasteiger partial charge is 0.215 e. The summed E-state index contributed by atoms with van der Waals surface area (Å²) in [6, 6.07) is 7.17. The highest BCUT2D eigenvalue weighted by molar-refractivity contribution is 9.11. The number of hydrogen-bond acceptors (Lipinski definition) is 5. The number of rotatable bonds is 4. The van der Waals surface area contributed by atoms with Gasteiger partial charge in [0.15, 0.2) is 5.82 Å². The number of nitrogens with one attached hydrogen (secondary N) is 1. The Labute approximate surface area is 133 Å². The number of halogens is 2. The largest absolute Gasteiger partial charge is 0.495 e. The molecule has 20 heavy (non-hydrogen) atoms. The second kappa shape index (κ2) is 6.32. The zero-order chi connectivity index (χ0) is 14.7. The molecule has 1 heterocycles. The van der Waals surface area contributed by atoms with Crippen LogP contribution >= 0.6 is 31.9 Å². The number of methoxy groups -OCH3 is 2. The van der Waals surface area contributed by atoms with Crippen molar-refractivity contribution in [1.82, 2.24) is 4.98 Å². The van der Waals surface area contributed by atoms with E-state index in [4.69, 9.17) is 15.2 Å². The molecule has 0 bridgehead atoms. The highest BCUT2D eigenvalue weighted by Gasteiger charge is 2.10. The summed E-state index contributed by atoms with van der Waals surface area (Å²) in [6.07, 6.45) is 0. The Balaban J connectivity index is 2.39. The molecule has 0 radical (unpaired) electrons. The van der Waals surface area contributed by atoms with E-state index in [1.165, 1.54) is 0 Å². The van der Waals surface area contributed by atoms with Crippen LogP contribution in [0.2, 0.25) is 0 Å². The molecule has 7 heteroatoms. The molecule has 0 unspecified atom stereocenters. The first-order valence-electron chi connectivity index (χ1n) is 5.65. The average Bonchev–Trinajstić information content (AvgIpc) is 2.44. The monoisotopic (exact) mass is 401 g/mol. The molecular formula is C13H13Br2N3O2. The van der Waals surface area contributed by atoms with Crippen LogP contribution in [0.4, 0.5) is 17.2 Å². The van der Waals surface area contributed by atoms with Crippen molar-refractivity contribution in [3.05, 3.63) is 33.2 Å². The second-order valence-electron chi connectivity index (χ2n) is 3.88. The van der Waals surface area contributed by atoms with Crippen LogP contribution in [0.1, 0.15) is 0 Å². The van der Waals surface area contributed by atoms with Crippen LogP contribution in [0.15, 0.2) is 33.2 Å². The van der Waals surface area contributed by atoms with Crippen LogP contribution in [-0.4, -0.2) is 19.2 Å². The summed E-state index contributed by atoms with van der Waals surface area (Å²) < 4.78 is 12.1. The molecule has 106 valence electrons. The van der Waals surface area contributed by atoms with Gasteiger partial charge in [0, 0.05) is 16.6 Å². The van der Waals surface area contributed by atoms with Gasteiger partial charge in [-0.05, 0) is 44.0 Å². The van der Waals surface area contributed by atoms with Gasteiger partial charge < -0.3 is 20.5 Å². The summed E-state index contributed by atoms with van der Waals surface area (Å²) in [6.45, 7) is 0. The molecule has 0 aliphatic heterocycles. The number of hydrogen-bond donors (Lipinski definition) is 2. The number of nitrogen functional groups attached to an aromatic ring is 1. The third kappa shape index (κ3) is 3.16. The minimum atomic E-state index is 0.488. The van der Waals surface area contributed by atoms with Gasteiger partial charge in [0.2, 0.25) is 5.88 Å². The van der Waals surface area contributed by atoms with Crippen LogP contribution in [0.5, 0.6) is 11.6 Å². The lowest BCUT2D eigenvalue weighted by molar-refractivity contribution is 0.398. The molecule has 0 spiro atoms. The van der Waals surface area contributed by atoms with Crippen LogP contribution in [0.25, 0.3) is 0 Å². The maximum absolute atomic E-state index is 5.91. The van der Waals surface area contributed by atoms with Crippen molar-refractivity contribution in [2.45, 2.75) is 0 Å². The van der Waals surface area contributed by atoms with Gasteiger partial charge in [0.25, 0.3) is 0 Å². The Morgan fingerprint density at radius 1 is 1.10 bits per heavy atom. The molecule has 0 aliphatic rings. The molecule has 1 aromatic carbocycles. The summed E-state index contributed by atoms with van der Waals surface area (Å²) in [5.41, 5.74) is 7.22. The van der Waals surface area contributed by atoms with Crippen molar-refractivity contribution in [3.63, 3.8) is 0 Å². The first-order valence-corrected chi connectivity index (χ1v) is 7.24. The third-order valence-corrected chi connectivity index (χ3v) is 3.88. The fraction of sp³-hybridized carbons (Fsp3) is 0.154. The predicted molar refractivity (Wildman–Crippen MR) is 86.9 cm³/mol. The molecule has 0 saturated carbocycles. The molecule has 0 fully saturated rings. The number of ether oxygens (including phenoxy) is 2. The summed E-state index contributed by atoms with van der Waals surface area (Å²) in [7, 11) is 3.16. The van der Waals surface area contributed by atoms with Crippen molar-refractivity contribution < 1.29 is 9.47 Å². The van der Waals surface area contributed by atoms with E-state index in [-0.39, 0.29) is 0 Å². The predicted octanol–water partition coefficient (Wildman–Crippen LogP) is 3.95. The number of pyridine rings is 1. The quantitative estimate of drug-likeness (QED) is 0.810. The first kappa shape index (κ1) is 14.9. The topological polar surface area (TPSA) is 69.4 Å². The van der Waals surface area contributed by atoms with Crippen molar-refractivity contribution in [1.29, 1.82) is 0 Å². The summed E-state index contributed by atoms with van der Waals surface area (Å²) in [5.74, 6) is 1.72. The van der Waals surface area contributed by atoms with Crippen LogP contribution in [0, 0.1) is 0 Å². The van der Waals surface area contributed by atoms with Gasteiger partial charge in [0.05, 0.1) is 30.1 Å². The minimum Gasteiger partial charge on any atom is -0.495 e. The Bertz CT molecular complexity index is 635. The van der Waals surface area contributed by atoms with E-state index in [1.807, 2.05) is 12.1 Å². The number of aromatic nitrogens is 1. The summed E-state index contributed by atoms with van der Waals surface area (Å²) in [4.78, 5) is 4.27. The molecule has 1 aromatic heterocycles. The molecule has 2 rings (SSSR count). The number of anilines is 3. The fourth-order valence-electron chi connectivity index (χ4n) is 1.57. The third-order valence-electron chi connectivity index (χ3n) is 2.60. The van der Waals surface area contributed by atoms with E-state index in [2.05, 4.69) is 42.2 Å². The van der Waals surface area contributed by atoms with Crippen LogP contribution in [0.3, 0.4) is 0 Å². The maximum Gasteiger partial charge on any atom is 0.215 e. The first-order chi connectivity index (χ1) is 9.55. The van der Waals surface area contributed by atoms with E-state index in [9.17, 15) is 0 Å². The SMILES string of the molecule is COc1ccc(N)c(Nc2cc(OC)c(Br)cc2Br)n1. The summed E-state index contributed by atoms with van der Waals surface area (Å²) >= 11 is 6.90. The molecule has 0 atom stereocenters. The lowest BCUT2D eigenvalue weighted by Gasteiger charge is -2.13. The molecule has 2 aromatic rings. The number of benzene rings is 1. The molecule has 0 amide bonds. The molecule has 0 aliphatic carbocycles. The van der Waals surface area contributed by atoms with Crippen LogP contribution < -0.4 is 20.5 Å². The number of nitrogens with two attached hydrogens (primary N) is 1. The van der Waals surface area contributed by atoms with E-state index in [1.54, 1.807) is 26.4 Å². The Morgan fingerprint density at radius 2 is 1.85 bits per heavy atom. The van der Waals surface area contributed by atoms with Crippen molar-refractivity contribution >= 4 is 49.1 Å². The van der Waals surface area contributed by atoms with Gasteiger partial charge in [-0.15, -0.1) is 0 Å². The van der Waals surface area contributed by atoms with Crippen molar-refractivity contribution in [2.75, 3.05) is 25.3 Å². The average molecular weight is 403 g/mol. The van der Waals surface area contributed by atoms with Gasteiger partial charge in [-0.25, -0.2) is 0 Å². The van der Waals surface area contributed by atoms with E-state index >= 15 is 0 Å². The molecule has 0 saturated heterocycles. The standard InChI is InChI=1S/C13H13Br2N3O2/c1-19-11-6-10(7(14)5-8(11)15)17-13-9(16)3-4-12(18-13)20-2/h3-6H,16H2,1-2H3,(H,17,18). The van der Waals surface area contributed by atoms with Crippen molar-refractivity contribution in [3.8, 4) is 11.6 Å². The van der Waals surface area contributed by atoms with Crippen LogP contribution in [-0.2, 0) is 0 Å². The van der Waals surface area contributed by atoms with Gasteiger partial charge in [-0.2, -0.15) is 4.98 Å². The zero-order valence-corrected chi connectivity index (χ0v) is 14.1. The molecular weight excluding hydrogens is 390 g/mol. The zero-order valence-electron chi connectivity index (χ0n) is 10.9. The van der Waals surface area contributed by atoms with E-state index < -0.39 is 0 Å². The maximum atomic E-state index is 5.91. The normalized spacial score (nSPS) is 10.2. The lowest BCUT2D eigenvalue weighted by atomic mass is 10.3. The summed E-state index contributed by atoms with van der Waals surface area (Å²) in [5, 5.41) is 3.15. The minimum absolute atomic E-state index is 0.488. The Kier molecular flexibility index (Phi) is 4.72. The lowest BCUT2D eigenvalue weighted by Crippen LogP contribution is -2.01. The fourth-order valence-corrected chi connectivity index (χ4v) is 2.83.